The number of hydrogen-bond acceptors (Lipinski definition) is 9. The average Bonchev–Trinajstić information content (AvgIpc) is 3.49. The molecule has 2 heterocycles. The van der Waals surface area contributed by atoms with Crippen molar-refractivity contribution in [3.63, 3.8) is 0 Å². The molecule has 198 valence electrons. The number of aromatic nitrogens is 3. The number of esters is 1. The summed E-state index contributed by atoms with van der Waals surface area (Å²) < 4.78 is 17.6. The van der Waals surface area contributed by atoms with E-state index in [1.807, 2.05) is 12.1 Å². The van der Waals surface area contributed by atoms with Gasteiger partial charge in [0.25, 0.3) is 0 Å². The molecule has 9 nitrogen and oxygen atoms in total. The Balaban J connectivity index is 1.40. The molecule has 0 bridgehead atoms. The number of thiophene rings is 1. The molecule has 2 aromatic carbocycles. The number of nitrogens with zero attached hydrogens (tertiary/aromatic N) is 3. The van der Waals surface area contributed by atoms with Gasteiger partial charge in [-0.15, -0.1) is 21.5 Å². The zero-order valence-electron chi connectivity index (χ0n) is 20.5. The Morgan fingerprint density at radius 3 is 2.55 bits per heavy atom. The van der Waals surface area contributed by atoms with Crippen LogP contribution in [0.15, 0.2) is 53.0 Å². The van der Waals surface area contributed by atoms with Crippen LogP contribution in [-0.4, -0.2) is 46.6 Å². The van der Waals surface area contributed by atoms with Crippen molar-refractivity contribution in [2.24, 2.45) is 7.05 Å². The van der Waals surface area contributed by atoms with Crippen LogP contribution in [-0.2, 0) is 23.2 Å². The van der Waals surface area contributed by atoms with E-state index in [2.05, 4.69) is 15.5 Å². The Hall–Kier alpha value is -3.25. The zero-order valence-corrected chi connectivity index (χ0v) is 23.6. The van der Waals surface area contributed by atoms with E-state index in [0.717, 1.165) is 5.56 Å². The second-order valence-electron chi connectivity index (χ2n) is 7.73. The molecule has 0 saturated heterocycles. The summed E-state index contributed by atoms with van der Waals surface area (Å²) in [4.78, 5) is 25.3. The normalized spacial score (nSPS) is 10.8. The van der Waals surface area contributed by atoms with Gasteiger partial charge in [0.1, 0.15) is 28.7 Å². The van der Waals surface area contributed by atoms with Crippen molar-refractivity contribution in [3.05, 3.63) is 69.3 Å². The van der Waals surface area contributed by atoms with Gasteiger partial charge in [-0.1, -0.05) is 47.1 Å². The Labute approximate surface area is 237 Å². The minimum Gasteiger partial charge on any atom is -0.497 e. The number of carbonyl (C=O) groups excluding carboxylic acids is 2. The lowest BCUT2D eigenvalue weighted by atomic mass is 10.0. The van der Waals surface area contributed by atoms with Gasteiger partial charge < -0.3 is 24.1 Å². The first kappa shape index (κ1) is 27.8. The number of methoxy groups -OCH3 is 2. The zero-order chi connectivity index (χ0) is 27.2. The molecule has 0 aliphatic carbocycles. The van der Waals surface area contributed by atoms with E-state index in [1.165, 1.54) is 30.2 Å². The number of anilines is 1. The fraction of sp³-hybridized carbons (Fsp3) is 0.200. The van der Waals surface area contributed by atoms with E-state index in [9.17, 15) is 9.59 Å². The number of carbonyl (C=O) groups is 2. The van der Waals surface area contributed by atoms with Crippen molar-refractivity contribution in [2.45, 2.75) is 11.8 Å². The van der Waals surface area contributed by atoms with Crippen LogP contribution in [0.5, 0.6) is 11.5 Å². The maximum atomic E-state index is 12.8. The summed E-state index contributed by atoms with van der Waals surface area (Å²) in [5.41, 5.74) is 1.75. The molecule has 38 heavy (non-hydrogen) atoms. The van der Waals surface area contributed by atoms with Crippen LogP contribution >= 0.6 is 46.3 Å². The minimum atomic E-state index is -0.543. The van der Waals surface area contributed by atoms with Gasteiger partial charge in [-0.2, -0.15) is 0 Å². The number of amides is 1. The van der Waals surface area contributed by atoms with Gasteiger partial charge in [0.15, 0.2) is 11.0 Å². The molecule has 0 spiro atoms. The molecule has 4 aromatic rings. The number of halogens is 2. The highest BCUT2D eigenvalue weighted by Gasteiger charge is 2.23. The standard InChI is InChI=1S/C25H22Cl2N4O5S2/c1-31-20(11-36-19-9-6-15(26)10-18(19)27)29-30-25(31)38-13-21(32)28-23-22(24(33)35-3)17(12-37-23)14-4-7-16(34-2)8-5-14/h4-10,12H,11,13H2,1-3H3,(H,28,32). The summed E-state index contributed by atoms with van der Waals surface area (Å²) >= 11 is 14.5. The van der Waals surface area contributed by atoms with Gasteiger partial charge >= 0.3 is 5.97 Å². The van der Waals surface area contributed by atoms with Gasteiger partial charge in [0.2, 0.25) is 5.91 Å². The SMILES string of the molecule is COC(=O)c1c(-c2ccc(OC)cc2)csc1NC(=O)CSc1nnc(COc2ccc(Cl)cc2Cl)n1C. The monoisotopic (exact) mass is 592 g/mol. The Morgan fingerprint density at radius 2 is 1.87 bits per heavy atom. The highest BCUT2D eigenvalue weighted by molar-refractivity contribution is 7.99. The highest BCUT2D eigenvalue weighted by atomic mass is 35.5. The molecule has 0 fully saturated rings. The summed E-state index contributed by atoms with van der Waals surface area (Å²) in [6.07, 6.45) is 0. The molecule has 2 aromatic heterocycles. The second kappa shape index (κ2) is 12.5. The quantitative estimate of drug-likeness (QED) is 0.178. The number of rotatable bonds is 10. The Kier molecular flexibility index (Phi) is 9.16. The molecule has 0 aliphatic heterocycles. The first-order valence-electron chi connectivity index (χ1n) is 11.0. The van der Waals surface area contributed by atoms with Crippen LogP contribution < -0.4 is 14.8 Å². The molecule has 13 heteroatoms. The van der Waals surface area contributed by atoms with E-state index in [0.29, 0.717) is 48.7 Å². The first-order valence-corrected chi connectivity index (χ1v) is 13.7. The predicted molar refractivity (Wildman–Crippen MR) is 149 cm³/mol. The Morgan fingerprint density at radius 1 is 1.11 bits per heavy atom. The van der Waals surface area contributed by atoms with Crippen molar-refractivity contribution < 1.29 is 23.8 Å². The molecule has 0 atom stereocenters. The third-order valence-corrected chi connectivity index (χ3v) is 7.79. The van der Waals surface area contributed by atoms with Crippen LogP contribution in [0.3, 0.4) is 0 Å². The van der Waals surface area contributed by atoms with E-state index >= 15 is 0 Å². The van der Waals surface area contributed by atoms with E-state index < -0.39 is 5.97 Å². The fourth-order valence-electron chi connectivity index (χ4n) is 3.36. The molecule has 4 rings (SSSR count). The molecule has 1 amide bonds. The van der Waals surface area contributed by atoms with Crippen molar-refractivity contribution >= 4 is 63.2 Å². The topological polar surface area (TPSA) is 105 Å². The van der Waals surface area contributed by atoms with Crippen LogP contribution in [0.25, 0.3) is 11.1 Å². The molecule has 0 radical (unpaired) electrons. The molecule has 0 aliphatic rings. The number of hydrogen-bond donors (Lipinski definition) is 1. The lowest BCUT2D eigenvalue weighted by molar-refractivity contribution is -0.113. The van der Waals surface area contributed by atoms with E-state index in [4.69, 9.17) is 37.4 Å². The predicted octanol–water partition coefficient (Wildman–Crippen LogP) is 5.96. The average molecular weight is 594 g/mol. The number of benzene rings is 2. The third kappa shape index (κ3) is 6.41. The lowest BCUT2D eigenvalue weighted by Crippen LogP contribution is -2.16. The second-order valence-corrected chi connectivity index (χ2v) is 10.4. The summed E-state index contributed by atoms with van der Waals surface area (Å²) in [6.45, 7) is 0.128. The van der Waals surface area contributed by atoms with Crippen molar-refractivity contribution in [3.8, 4) is 22.6 Å². The number of ether oxygens (including phenoxy) is 3. The summed E-state index contributed by atoms with van der Waals surface area (Å²) in [6, 6.07) is 12.2. The number of thioether (sulfide) groups is 1. The molecule has 0 unspecified atom stereocenters. The van der Waals surface area contributed by atoms with Crippen LogP contribution in [0.4, 0.5) is 5.00 Å². The fourth-order valence-corrected chi connectivity index (χ4v) is 5.53. The maximum absolute atomic E-state index is 12.8. The van der Waals surface area contributed by atoms with Gasteiger partial charge in [-0.3, -0.25) is 4.79 Å². The summed E-state index contributed by atoms with van der Waals surface area (Å²) in [5.74, 6) is 0.914. The molecule has 1 N–H and O–H groups in total. The van der Waals surface area contributed by atoms with Crippen molar-refractivity contribution in [2.75, 3.05) is 25.3 Å². The first-order chi connectivity index (χ1) is 18.3. The van der Waals surface area contributed by atoms with Gasteiger partial charge in [0.05, 0.1) is 25.0 Å². The van der Waals surface area contributed by atoms with Gasteiger partial charge in [-0.25, -0.2) is 4.79 Å². The molecular weight excluding hydrogens is 571 g/mol. The smallest absolute Gasteiger partial charge is 0.341 e. The van der Waals surface area contributed by atoms with Crippen molar-refractivity contribution in [1.82, 2.24) is 14.8 Å². The highest BCUT2D eigenvalue weighted by Crippen LogP contribution is 2.37. The van der Waals surface area contributed by atoms with Gasteiger partial charge in [0, 0.05) is 23.0 Å². The van der Waals surface area contributed by atoms with Crippen molar-refractivity contribution in [1.29, 1.82) is 0 Å². The van der Waals surface area contributed by atoms with Crippen LogP contribution in [0.2, 0.25) is 10.0 Å². The van der Waals surface area contributed by atoms with E-state index in [1.54, 1.807) is 54.4 Å². The third-order valence-electron chi connectivity index (χ3n) is 5.34. The largest absolute Gasteiger partial charge is 0.497 e. The lowest BCUT2D eigenvalue weighted by Gasteiger charge is -2.09. The van der Waals surface area contributed by atoms with Gasteiger partial charge in [-0.05, 0) is 35.9 Å². The van der Waals surface area contributed by atoms with Crippen LogP contribution in [0, 0.1) is 0 Å². The minimum absolute atomic E-state index is 0.0478. The maximum Gasteiger partial charge on any atom is 0.341 e. The summed E-state index contributed by atoms with van der Waals surface area (Å²) in [7, 11) is 4.66. The summed E-state index contributed by atoms with van der Waals surface area (Å²) in [5, 5.41) is 14.7. The van der Waals surface area contributed by atoms with E-state index in [-0.39, 0.29) is 18.3 Å². The molecular formula is C25H22Cl2N4O5S2. The Bertz CT molecular complexity index is 1460. The van der Waals surface area contributed by atoms with Crippen LogP contribution in [0.1, 0.15) is 16.2 Å². The molecule has 0 saturated carbocycles. The number of nitrogens with one attached hydrogen (secondary N) is 1.